The smallest absolute Gasteiger partial charge is 0.365 e. The van der Waals surface area contributed by atoms with Crippen LogP contribution in [0.4, 0.5) is 11.4 Å². The molecule has 1 aliphatic heterocycles. The van der Waals surface area contributed by atoms with Gasteiger partial charge in [-0.2, -0.15) is 0 Å². The molecular weight excluding hydrogens is 467 g/mol. The maximum Gasteiger partial charge on any atom is 0.365 e. The Balaban J connectivity index is 1.43. The molecule has 1 amide bonds. The van der Waals surface area contributed by atoms with Crippen LogP contribution >= 0.6 is 19.0 Å². The highest BCUT2D eigenvalue weighted by molar-refractivity contribution is 7.54. The molecule has 0 saturated heterocycles. The van der Waals surface area contributed by atoms with Gasteiger partial charge in [-0.1, -0.05) is 30.3 Å². The van der Waals surface area contributed by atoms with Crippen LogP contribution < -0.4 is 16.6 Å². The van der Waals surface area contributed by atoms with Crippen molar-refractivity contribution < 1.29 is 13.9 Å². The number of nitrogens with two attached hydrogens (primary N) is 2. The molecule has 2 heterocycles. The van der Waals surface area contributed by atoms with Gasteiger partial charge in [0.15, 0.2) is 0 Å². The number of allylic oxidation sites excluding steroid dienone is 2. The van der Waals surface area contributed by atoms with Crippen LogP contribution in [0.25, 0.3) is 10.4 Å². The first-order valence-corrected chi connectivity index (χ1v) is 13.2. The molecule has 1 unspecified atom stereocenters. The minimum absolute atomic E-state index is 0.219. The zero-order valence-corrected chi connectivity index (χ0v) is 20.7. The molecule has 0 saturated carbocycles. The van der Waals surface area contributed by atoms with Gasteiger partial charge < -0.3 is 15.6 Å². The Kier molecular flexibility index (Phi) is 7.05. The Morgan fingerprint density at radius 2 is 1.97 bits per heavy atom. The summed E-state index contributed by atoms with van der Waals surface area (Å²) in [5.74, 6) is -0.219. The van der Waals surface area contributed by atoms with Crippen molar-refractivity contribution in [3.05, 3.63) is 94.5 Å². The van der Waals surface area contributed by atoms with E-state index in [1.165, 1.54) is 11.8 Å². The summed E-state index contributed by atoms with van der Waals surface area (Å²) < 4.78 is 18.7. The van der Waals surface area contributed by atoms with Crippen LogP contribution in [-0.2, 0) is 15.5 Å². The summed E-state index contributed by atoms with van der Waals surface area (Å²) >= 11 is 1.63. The first-order valence-electron chi connectivity index (χ1n) is 10.7. The quantitative estimate of drug-likeness (QED) is 0.289. The number of hydrogen-bond donors (Lipinski definition) is 3. The summed E-state index contributed by atoms with van der Waals surface area (Å²) in [7, 11) is -1.96. The van der Waals surface area contributed by atoms with Crippen molar-refractivity contribution in [1.82, 2.24) is 4.67 Å². The summed E-state index contributed by atoms with van der Waals surface area (Å²) in [6.07, 6.45) is 4.46. The van der Waals surface area contributed by atoms with Crippen LogP contribution in [0.2, 0.25) is 0 Å². The zero-order chi connectivity index (χ0) is 24.3. The van der Waals surface area contributed by atoms with Gasteiger partial charge in [-0.15, -0.1) is 11.3 Å². The Hall–Kier alpha value is -3.16. The summed E-state index contributed by atoms with van der Waals surface area (Å²) in [5, 5.41) is 4.94. The lowest BCUT2D eigenvalue weighted by molar-refractivity contribution is 0.102. The highest BCUT2D eigenvalue weighted by Crippen LogP contribution is 2.43. The molecule has 7 nitrogen and oxygen atoms in total. The van der Waals surface area contributed by atoms with E-state index in [-0.39, 0.29) is 5.91 Å². The predicted octanol–water partition coefficient (Wildman–Crippen LogP) is 5.65. The van der Waals surface area contributed by atoms with Gasteiger partial charge in [0.1, 0.15) is 0 Å². The molecule has 9 heteroatoms. The maximum absolute atomic E-state index is 12.8. The topological polar surface area (TPSA) is 111 Å². The van der Waals surface area contributed by atoms with Gasteiger partial charge in [0.2, 0.25) is 0 Å². The average molecular weight is 495 g/mol. The van der Waals surface area contributed by atoms with E-state index in [1.807, 2.05) is 54.8 Å². The lowest BCUT2D eigenvalue weighted by Gasteiger charge is -2.28. The van der Waals surface area contributed by atoms with Crippen molar-refractivity contribution in [2.45, 2.75) is 13.3 Å². The molecule has 0 aliphatic carbocycles. The minimum Gasteiger partial charge on any atom is -0.397 e. The van der Waals surface area contributed by atoms with Crippen molar-refractivity contribution in [3.8, 4) is 10.4 Å². The number of amides is 1. The largest absolute Gasteiger partial charge is 0.397 e. The molecule has 176 valence electrons. The zero-order valence-electron chi connectivity index (χ0n) is 19.0. The average Bonchev–Trinajstić information content (AvgIpc) is 3.37. The molecule has 0 radical (unpaired) electrons. The fraction of sp³-hybridized carbons (Fsp3) is 0.160. The molecule has 0 bridgehead atoms. The molecule has 34 heavy (non-hydrogen) atoms. The molecule has 4 rings (SSSR count). The summed E-state index contributed by atoms with van der Waals surface area (Å²) in [6.45, 7) is 2.37. The van der Waals surface area contributed by atoms with E-state index < -0.39 is 7.67 Å². The van der Waals surface area contributed by atoms with Crippen LogP contribution in [0, 0.1) is 0 Å². The number of carbonyl (C=O) groups excluding carboxylic acids is 1. The van der Waals surface area contributed by atoms with Crippen molar-refractivity contribution in [2.75, 3.05) is 24.7 Å². The van der Waals surface area contributed by atoms with Crippen LogP contribution in [0.1, 0.15) is 22.8 Å². The SMILES string of the molecule is COP(N)(=O)N1C=C(C)C(Cc2ccc(C(=O)Nc3cc(-c4cccs4)ccc3N)cc2)=CC1. The number of nitrogens with one attached hydrogen (secondary N) is 1. The van der Waals surface area contributed by atoms with E-state index in [9.17, 15) is 9.36 Å². The highest BCUT2D eigenvalue weighted by atomic mass is 32.1. The van der Waals surface area contributed by atoms with Crippen molar-refractivity contribution in [2.24, 2.45) is 5.50 Å². The summed E-state index contributed by atoms with van der Waals surface area (Å²) in [6, 6.07) is 17.1. The van der Waals surface area contributed by atoms with Gasteiger partial charge in [-0.05, 0) is 71.3 Å². The van der Waals surface area contributed by atoms with Gasteiger partial charge >= 0.3 is 7.67 Å². The van der Waals surface area contributed by atoms with Gasteiger partial charge in [-0.25, -0.2) is 10.1 Å². The Morgan fingerprint density at radius 1 is 1.21 bits per heavy atom. The maximum atomic E-state index is 12.8. The van der Waals surface area contributed by atoms with E-state index in [0.717, 1.165) is 27.2 Å². The van der Waals surface area contributed by atoms with Crippen LogP contribution in [0.3, 0.4) is 0 Å². The van der Waals surface area contributed by atoms with Crippen molar-refractivity contribution in [1.29, 1.82) is 0 Å². The standard InChI is InChI=1S/C25H27N4O3PS/c1-17-16-29(33(27,31)32-2)12-11-20(17)14-18-5-7-19(8-6-18)25(30)28-23-15-21(9-10-22(23)26)24-4-3-13-34-24/h3-11,13,15-16H,12,14,26H2,1-2H3,(H2,27,31)(H,28,30). The van der Waals surface area contributed by atoms with Crippen LogP contribution in [-0.4, -0.2) is 24.2 Å². The highest BCUT2D eigenvalue weighted by Gasteiger charge is 2.25. The van der Waals surface area contributed by atoms with Crippen LogP contribution in [0.15, 0.2) is 83.4 Å². The summed E-state index contributed by atoms with van der Waals surface area (Å²) in [4.78, 5) is 13.9. The number of carbonyl (C=O) groups is 1. The Labute approximate surface area is 203 Å². The van der Waals surface area contributed by atoms with E-state index in [2.05, 4.69) is 5.32 Å². The number of rotatable bonds is 7. The molecule has 1 aromatic heterocycles. The van der Waals surface area contributed by atoms with E-state index in [4.69, 9.17) is 15.8 Å². The number of nitrogens with zero attached hydrogens (tertiary/aromatic N) is 1. The van der Waals surface area contributed by atoms with Crippen molar-refractivity contribution in [3.63, 3.8) is 0 Å². The van der Waals surface area contributed by atoms with E-state index in [0.29, 0.717) is 29.9 Å². The molecule has 0 fully saturated rings. The first kappa shape index (κ1) is 24.0. The molecule has 3 aromatic rings. The number of anilines is 2. The molecule has 1 aliphatic rings. The van der Waals surface area contributed by atoms with Gasteiger partial charge in [-0.3, -0.25) is 9.46 Å². The first-order chi connectivity index (χ1) is 16.3. The summed E-state index contributed by atoms with van der Waals surface area (Å²) in [5.41, 5.74) is 17.6. The lowest BCUT2D eigenvalue weighted by atomic mass is 9.97. The monoisotopic (exact) mass is 494 g/mol. The molecule has 0 spiro atoms. The van der Waals surface area contributed by atoms with Crippen LogP contribution in [0.5, 0.6) is 0 Å². The molecular formula is C25H27N4O3PS. The predicted molar refractivity (Wildman–Crippen MR) is 140 cm³/mol. The minimum atomic E-state index is -3.30. The van der Waals surface area contributed by atoms with Gasteiger partial charge in [0.05, 0.1) is 11.4 Å². The third-order valence-electron chi connectivity index (χ3n) is 5.71. The number of benzene rings is 2. The fourth-order valence-corrected chi connectivity index (χ4v) is 5.26. The number of hydrogen-bond acceptors (Lipinski definition) is 5. The second-order valence-electron chi connectivity index (χ2n) is 8.02. The molecule has 2 aromatic carbocycles. The number of thiophene rings is 1. The third kappa shape index (κ3) is 5.32. The lowest BCUT2D eigenvalue weighted by Crippen LogP contribution is -2.23. The Bertz CT molecular complexity index is 1300. The second kappa shape index (κ2) is 9.99. The van der Waals surface area contributed by atoms with Gasteiger partial charge in [0.25, 0.3) is 5.91 Å². The second-order valence-corrected chi connectivity index (χ2v) is 11.0. The number of nitrogen functional groups attached to an aromatic ring is 1. The molecule has 1 atom stereocenters. The van der Waals surface area contributed by atoms with E-state index in [1.54, 1.807) is 35.7 Å². The third-order valence-corrected chi connectivity index (χ3v) is 8.15. The Morgan fingerprint density at radius 3 is 2.62 bits per heavy atom. The molecule has 5 N–H and O–H groups in total. The normalized spacial score (nSPS) is 15.3. The van der Waals surface area contributed by atoms with E-state index >= 15 is 0 Å². The van der Waals surface area contributed by atoms with Crippen molar-refractivity contribution >= 4 is 36.3 Å². The van der Waals surface area contributed by atoms with Gasteiger partial charge in [0, 0.05) is 30.3 Å². The fourth-order valence-electron chi connectivity index (χ4n) is 3.68.